The van der Waals surface area contributed by atoms with Gasteiger partial charge in [-0.15, -0.1) is 0 Å². The van der Waals surface area contributed by atoms with Crippen LogP contribution in [0.3, 0.4) is 0 Å². The Labute approximate surface area is 75.4 Å². The lowest BCUT2D eigenvalue weighted by atomic mass is 10.1. The van der Waals surface area contributed by atoms with Crippen LogP contribution in [0, 0.1) is 46.8 Å². The van der Waals surface area contributed by atoms with Gasteiger partial charge in [-0.05, 0) is 0 Å². The molecule has 14 heavy (non-hydrogen) atoms. The molecule has 0 aromatic heterocycles. The van der Waals surface area contributed by atoms with Crippen molar-refractivity contribution in [3.8, 4) is 6.07 Å². The summed E-state index contributed by atoms with van der Waals surface area (Å²) in [7, 11) is 0. The highest BCUT2D eigenvalue weighted by Gasteiger charge is 2.25. The summed E-state index contributed by atoms with van der Waals surface area (Å²) in [5.41, 5.74) is -1.23. The molecule has 0 aliphatic rings. The zero-order valence-corrected chi connectivity index (χ0v) is 6.41. The van der Waals surface area contributed by atoms with E-state index in [4.69, 9.17) is 5.26 Å². The molecule has 0 saturated carbocycles. The Morgan fingerprint density at radius 3 is 1.50 bits per heavy atom. The Bertz CT molecular complexity index is 392. The molecule has 0 saturated heterocycles. The van der Waals surface area contributed by atoms with Gasteiger partial charge >= 0.3 is 0 Å². The Morgan fingerprint density at radius 2 is 1.14 bits per heavy atom. The molecule has 0 heterocycles. The average molecular weight is 206 g/mol. The van der Waals surface area contributed by atoms with E-state index in [0.29, 0.717) is 0 Å². The van der Waals surface area contributed by atoms with Crippen molar-refractivity contribution in [2.24, 2.45) is 0 Å². The molecule has 0 aliphatic heterocycles. The summed E-state index contributed by atoms with van der Waals surface area (Å²) in [6.45, 7) is 0. The summed E-state index contributed by atoms with van der Waals surface area (Å²) < 4.78 is 62.7. The van der Waals surface area contributed by atoms with Crippen LogP contribution in [0.2, 0.25) is 0 Å². The number of hydrogen-bond acceptors (Lipinski definition) is 1. The molecule has 6 heteroatoms. The second-order valence-electron chi connectivity index (χ2n) is 2.26. The number of nitrogens with zero attached hydrogens (tertiary/aromatic N) is 1. The van der Waals surface area contributed by atoms with Crippen molar-refractivity contribution in [2.45, 2.75) is 0 Å². The minimum absolute atomic E-state index is 0.246. The lowest BCUT2D eigenvalue weighted by Crippen LogP contribution is -2.05. The predicted molar refractivity (Wildman–Crippen MR) is 35.2 cm³/mol. The molecule has 0 amide bonds. The maximum absolute atomic E-state index is 12.7. The van der Waals surface area contributed by atoms with Gasteiger partial charge in [0.15, 0.2) is 23.3 Å². The van der Waals surface area contributed by atoms with E-state index >= 15 is 0 Å². The molecule has 0 aliphatic carbocycles. The first kappa shape index (κ1) is 10.4. The SMILES string of the molecule is N#C[CH]c1c(F)c(F)c(F)c(F)c1F. The van der Waals surface area contributed by atoms with Crippen LogP contribution in [0.15, 0.2) is 0 Å². The van der Waals surface area contributed by atoms with Gasteiger partial charge in [0.2, 0.25) is 5.82 Å². The third-order valence-corrected chi connectivity index (χ3v) is 1.45. The molecule has 1 nitrogen and oxygen atoms in total. The summed E-state index contributed by atoms with van der Waals surface area (Å²) in [6, 6.07) is 1.18. The first-order valence-electron chi connectivity index (χ1n) is 3.25. The molecule has 0 fully saturated rings. The first-order chi connectivity index (χ1) is 6.50. The smallest absolute Gasteiger partial charge is 0.200 e. The lowest BCUT2D eigenvalue weighted by Gasteiger charge is -2.03. The van der Waals surface area contributed by atoms with Gasteiger partial charge in [0.25, 0.3) is 0 Å². The van der Waals surface area contributed by atoms with Crippen molar-refractivity contribution in [1.82, 2.24) is 0 Å². The fraction of sp³-hybridized carbons (Fsp3) is 0. The minimum atomic E-state index is -2.24. The van der Waals surface area contributed by atoms with Crippen LogP contribution in [-0.4, -0.2) is 0 Å². The summed E-state index contributed by atoms with van der Waals surface area (Å²) in [4.78, 5) is 0. The fourth-order valence-corrected chi connectivity index (χ4v) is 0.813. The molecule has 1 aromatic rings. The third kappa shape index (κ3) is 1.41. The summed E-state index contributed by atoms with van der Waals surface area (Å²) in [5.74, 6) is -10.4. The highest BCUT2D eigenvalue weighted by molar-refractivity contribution is 5.34. The van der Waals surface area contributed by atoms with Gasteiger partial charge in [-0.25, -0.2) is 22.0 Å². The van der Waals surface area contributed by atoms with Crippen LogP contribution in [0.5, 0.6) is 0 Å². The maximum atomic E-state index is 12.7. The van der Waals surface area contributed by atoms with Crippen LogP contribution < -0.4 is 0 Å². The van der Waals surface area contributed by atoms with Crippen LogP contribution in [0.25, 0.3) is 0 Å². The topological polar surface area (TPSA) is 23.8 Å². The van der Waals surface area contributed by atoms with Crippen molar-refractivity contribution in [2.75, 3.05) is 0 Å². The molecule has 0 spiro atoms. The van der Waals surface area contributed by atoms with Gasteiger partial charge in [0.05, 0.1) is 12.5 Å². The fourth-order valence-electron chi connectivity index (χ4n) is 0.813. The molecule has 0 bridgehead atoms. The largest absolute Gasteiger partial charge is 0.203 e. The molecule has 0 N–H and O–H groups in total. The average Bonchev–Trinajstić information content (AvgIpc) is 2.19. The van der Waals surface area contributed by atoms with Crippen LogP contribution in [0.1, 0.15) is 5.56 Å². The Morgan fingerprint density at radius 1 is 0.786 bits per heavy atom. The highest BCUT2D eigenvalue weighted by Crippen LogP contribution is 2.23. The third-order valence-electron chi connectivity index (χ3n) is 1.45. The number of hydrogen-bond donors (Lipinski definition) is 0. The normalized spacial score (nSPS) is 10.0. The van der Waals surface area contributed by atoms with Gasteiger partial charge in [-0.2, -0.15) is 5.26 Å². The van der Waals surface area contributed by atoms with Crippen LogP contribution in [0.4, 0.5) is 22.0 Å². The van der Waals surface area contributed by atoms with Gasteiger partial charge < -0.3 is 0 Å². The molecule has 0 unspecified atom stereocenters. The lowest BCUT2D eigenvalue weighted by molar-refractivity contribution is 0.375. The Balaban J connectivity index is 3.53. The monoisotopic (exact) mass is 206 g/mol. The molecular weight excluding hydrogens is 205 g/mol. The van der Waals surface area contributed by atoms with E-state index in [1.54, 1.807) is 0 Å². The Kier molecular flexibility index (Phi) is 2.70. The standard InChI is InChI=1S/C8HF5N/c9-4-3(1-2-14)5(10)7(12)8(13)6(4)11/h1H. The van der Waals surface area contributed by atoms with Crippen molar-refractivity contribution in [3.63, 3.8) is 0 Å². The van der Waals surface area contributed by atoms with E-state index in [-0.39, 0.29) is 6.42 Å². The predicted octanol–water partition coefficient (Wildman–Crippen LogP) is 2.46. The minimum Gasteiger partial charge on any atom is -0.203 e. The molecule has 1 radical (unpaired) electrons. The van der Waals surface area contributed by atoms with E-state index in [1.807, 2.05) is 0 Å². The molecule has 1 aromatic carbocycles. The van der Waals surface area contributed by atoms with E-state index in [2.05, 4.69) is 0 Å². The second-order valence-corrected chi connectivity index (χ2v) is 2.26. The molecule has 0 atom stereocenters. The van der Waals surface area contributed by atoms with Crippen molar-refractivity contribution < 1.29 is 22.0 Å². The van der Waals surface area contributed by atoms with Gasteiger partial charge in [0.1, 0.15) is 0 Å². The maximum Gasteiger partial charge on any atom is 0.200 e. The molecule has 73 valence electrons. The van der Waals surface area contributed by atoms with Crippen molar-refractivity contribution >= 4 is 0 Å². The number of benzene rings is 1. The quantitative estimate of drug-likeness (QED) is 0.393. The van der Waals surface area contributed by atoms with E-state index in [0.717, 1.165) is 0 Å². The van der Waals surface area contributed by atoms with E-state index in [9.17, 15) is 22.0 Å². The number of halogens is 5. The Hall–Kier alpha value is -1.64. The van der Waals surface area contributed by atoms with Crippen LogP contribution in [-0.2, 0) is 0 Å². The zero-order valence-electron chi connectivity index (χ0n) is 6.41. The zero-order chi connectivity index (χ0) is 10.9. The summed E-state index contributed by atoms with van der Waals surface area (Å²) in [6.07, 6.45) is 0.246. The molecule has 1 rings (SSSR count). The first-order valence-corrected chi connectivity index (χ1v) is 3.25. The van der Waals surface area contributed by atoms with Gasteiger partial charge in [-0.1, -0.05) is 0 Å². The number of nitriles is 1. The van der Waals surface area contributed by atoms with Gasteiger partial charge in [-0.3, -0.25) is 0 Å². The van der Waals surface area contributed by atoms with E-state index in [1.165, 1.54) is 6.07 Å². The summed E-state index contributed by atoms with van der Waals surface area (Å²) in [5, 5.41) is 8.04. The second kappa shape index (κ2) is 3.62. The molecular formula is C8HF5N. The van der Waals surface area contributed by atoms with E-state index < -0.39 is 34.6 Å². The highest BCUT2D eigenvalue weighted by atomic mass is 19.2. The van der Waals surface area contributed by atoms with Crippen LogP contribution >= 0.6 is 0 Å². The summed E-state index contributed by atoms with van der Waals surface area (Å²) >= 11 is 0. The van der Waals surface area contributed by atoms with Crippen molar-refractivity contribution in [1.29, 1.82) is 5.26 Å². The van der Waals surface area contributed by atoms with Crippen molar-refractivity contribution in [3.05, 3.63) is 41.1 Å². The van der Waals surface area contributed by atoms with Gasteiger partial charge in [0, 0.05) is 5.56 Å². The number of rotatable bonds is 1.